The van der Waals surface area contributed by atoms with E-state index in [1.165, 1.54) is 0 Å². The number of amides is 3. The number of nitrogens with zero attached hydrogens (tertiary/aromatic N) is 3. The van der Waals surface area contributed by atoms with Crippen LogP contribution in [0.1, 0.15) is 26.2 Å². The molecule has 0 saturated carbocycles. The maximum Gasteiger partial charge on any atom is 0.317 e. The molecule has 0 aromatic heterocycles. The topological polar surface area (TPSA) is 90.0 Å². The van der Waals surface area contributed by atoms with Crippen molar-refractivity contribution in [2.45, 2.75) is 38.3 Å². The Morgan fingerprint density at radius 2 is 1.68 bits per heavy atom. The number of carbonyl (C=O) groups is 2. The quantitative estimate of drug-likeness (QED) is 0.648. The molecule has 2 rings (SSSR count). The molecule has 0 unspecified atom stereocenters. The number of rotatable bonds is 6. The minimum atomic E-state index is -3.25. The van der Waals surface area contributed by atoms with Crippen LogP contribution in [0.5, 0.6) is 0 Å². The maximum atomic E-state index is 12.5. The van der Waals surface area contributed by atoms with Crippen molar-refractivity contribution in [1.82, 2.24) is 20.0 Å². The highest BCUT2D eigenvalue weighted by molar-refractivity contribution is 7.91. The Hall–Kier alpha value is -1.35. The molecule has 2 fully saturated rings. The lowest BCUT2D eigenvalue weighted by Gasteiger charge is -2.44. The summed E-state index contributed by atoms with van der Waals surface area (Å²) in [6.07, 6.45) is 3.04. The highest BCUT2D eigenvalue weighted by Crippen LogP contribution is 2.27. The van der Waals surface area contributed by atoms with Crippen LogP contribution in [0.2, 0.25) is 0 Å². The molecule has 25 heavy (non-hydrogen) atoms. The molecule has 9 heteroatoms. The Kier molecular flexibility index (Phi) is 6.67. The molecule has 0 aromatic carbocycles. The predicted octanol–water partition coefficient (Wildman–Crippen LogP) is -0.242. The summed E-state index contributed by atoms with van der Waals surface area (Å²) in [4.78, 5) is 30.0. The number of nitrogens with one attached hydrogen (secondary N) is 1. The lowest BCUT2D eigenvalue weighted by atomic mass is 10.0. The predicted molar refractivity (Wildman–Crippen MR) is 96.1 cm³/mol. The first-order valence-corrected chi connectivity index (χ1v) is 10.8. The highest BCUT2D eigenvalue weighted by atomic mass is 32.2. The van der Waals surface area contributed by atoms with E-state index in [2.05, 4.69) is 12.2 Å². The second-order valence-corrected chi connectivity index (χ2v) is 9.32. The second kappa shape index (κ2) is 8.35. The molecule has 2 saturated heterocycles. The zero-order chi connectivity index (χ0) is 18.6. The molecule has 144 valence electrons. The fourth-order valence-corrected chi connectivity index (χ4v) is 5.53. The summed E-state index contributed by atoms with van der Waals surface area (Å²) >= 11 is 0. The van der Waals surface area contributed by atoms with E-state index in [0.717, 1.165) is 19.3 Å². The highest BCUT2D eigenvalue weighted by Gasteiger charge is 2.49. The number of hydrogen-bond donors (Lipinski definition) is 1. The second-order valence-electron chi connectivity index (χ2n) is 7.17. The Bertz CT molecular complexity index is 593. The number of hydrogen-bond acceptors (Lipinski definition) is 5. The van der Waals surface area contributed by atoms with Crippen molar-refractivity contribution < 1.29 is 18.0 Å². The Morgan fingerprint density at radius 1 is 1.08 bits per heavy atom. The van der Waals surface area contributed by atoms with Crippen molar-refractivity contribution in [3.8, 4) is 0 Å². The van der Waals surface area contributed by atoms with E-state index in [-0.39, 0.29) is 30.0 Å². The zero-order valence-electron chi connectivity index (χ0n) is 15.4. The van der Waals surface area contributed by atoms with Crippen molar-refractivity contribution in [3.05, 3.63) is 0 Å². The number of urea groups is 1. The summed E-state index contributed by atoms with van der Waals surface area (Å²) < 4.78 is 24.3. The van der Waals surface area contributed by atoms with Crippen LogP contribution >= 0.6 is 0 Å². The van der Waals surface area contributed by atoms with Crippen molar-refractivity contribution in [1.29, 1.82) is 0 Å². The van der Waals surface area contributed by atoms with Gasteiger partial charge < -0.3 is 20.0 Å². The van der Waals surface area contributed by atoms with Crippen molar-refractivity contribution in [2.24, 2.45) is 0 Å². The first-order valence-electron chi connectivity index (χ1n) is 8.94. The van der Waals surface area contributed by atoms with Crippen molar-refractivity contribution in [3.63, 3.8) is 0 Å². The summed E-state index contributed by atoms with van der Waals surface area (Å²) in [6.45, 7) is 3.68. The van der Waals surface area contributed by atoms with Crippen LogP contribution in [0.25, 0.3) is 0 Å². The summed E-state index contributed by atoms with van der Waals surface area (Å²) in [6, 6.07) is -1.11. The van der Waals surface area contributed by atoms with Crippen LogP contribution in [0, 0.1) is 0 Å². The number of fused-ring (bicyclic) bond motifs is 1. The van der Waals surface area contributed by atoms with Gasteiger partial charge in [-0.05, 0) is 20.5 Å². The number of sulfone groups is 1. The van der Waals surface area contributed by atoms with Crippen LogP contribution in [0.15, 0.2) is 0 Å². The molecule has 0 aliphatic carbocycles. The van der Waals surface area contributed by atoms with Gasteiger partial charge in [-0.2, -0.15) is 0 Å². The van der Waals surface area contributed by atoms with E-state index in [9.17, 15) is 18.0 Å². The normalized spacial score (nSPS) is 25.1. The maximum absolute atomic E-state index is 12.5. The van der Waals surface area contributed by atoms with E-state index in [0.29, 0.717) is 19.6 Å². The first kappa shape index (κ1) is 20.0. The molecular formula is C16H30N4O4S. The number of likely N-dealkylation sites (N-methyl/N-ethyl adjacent to an activating group) is 1. The van der Waals surface area contributed by atoms with Crippen LogP contribution in [0.4, 0.5) is 4.79 Å². The monoisotopic (exact) mass is 374 g/mol. The van der Waals surface area contributed by atoms with Crippen LogP contribution in [0.3, 0.4) is 0 Å². The lowest BCUT2D eigenvalue weighted by molar-refractivity contribution is -0.136. The van der Waals surface area contributed by atoms with E-state index >= 15 is 0 Å². The molecule has 2 aliphatic heterocycles. The van der Waals surface area contributed by atoms with E-state index in [4.69, 9.17) is 0 Å². The summed E-state index contributed by atoms with van der Waals surface area (Å²) in [5.41, 5.74) is 0. The van der Waals surface area contributed by atoms with Crippen molar-refractivity contribution in [2.75, 3.05) is 51.8 Å². The van der Waals surface area contributed by atoms with Gasteiger partial charge in [-0.25, -0.2) is 13.2 Å². The molecule has 0 spiro atoms. The molecule has 2 atom stereocenters. The third-order valence-corrected chi connectivity index (χ3v) is 6.46. The van der Waals surface area contributed by atoms with E-state index in [1.54, 1.807) is 28.8 Å². The molecule has 0 aromatic rings. The van der Waals surface area contributed by atoms with Crippen molar-refractivity contribution >= 4 is 21.8 Å². The summed E-state index contributed by atoms with van der Waals surface area (Å²) in [5, 5.41) is 2.88. The molecule has 2 heterocycles. The number of carbonyl (C=O) groups excluding carboxylic acids is 2. The van der Waals surface area contributed by atoms with Gasteiger partial charge in [-0.3, -0.25) is 4.79 Å². The molecular weight excluding hydrogens is 344 g/mol. The summed E-state index contributed by atoms with van der Waals surface area (Å²) in [5.74, 6) is -0.206. The van der Waals surface area contributed by atoms with Gasteiger partial charge in [0.05, 0.1) is 30.1 Å². The van der Waals surface area contributed by atoms with Gasteiger partial charge in [0, 0.05) is 19.6 Å². The average Bonchev–Trinajstić information content (AvgIpc) is 2.84. The smallest absolute Gasteiger partial charge is 0.317 e. The van der Waals surface area contributed by atoms with Gasteiger partial charge in [0.2, 0.25) is 5.91 Å². The Morgan fingerprint density at radius 3 is 2.28 bits per heavy atom. The third-order valence-electron chi connectivity index (χ3n) is 4.77. The minimum absolute atomic E-state index is 0.0591. The standard InChI is InChI=1S/C16H30N4O4S/c1-4-5-6-7-17-16(22)20-9-8-19(15(21)10-18(2)3)13-11-25(23,24)12-14(13)20/h13-14H,4-12H2,1-3H3,(H,17,22)/t13-,14+/m1/s1. The fraction of sp³-hybridized carbons (Fsp3) is 0.875. The zero-order valence-corrected chi connectivity index (χ0v) is 16.2. The number of unbranched alkanes of at least 4 members (excludes halogenated alkanes) is 2. The van der Waals surface area contributed by atoms with Crippen LogP contribution in [-0.4, -0.2) is 98.9 Å². The first-order chi connectivity index (χ1) is 11.7. The van der Waals surface area contributed by atoms with Gasteiger partial charge in [-0.15, -0.1) is 0 Å². The SMILES string of the molecule is CCCCCNC(=O)N1CCN(C(=O)CN(C)C)[C@@H]2CS(=O)(=O)C[C@@H]21. The minimum Gasteiger partial charge on any atom is -0.338 e. The molecule has 2 aliphatic rings. The van der Waals surface area contributed by atoms with Crippen LogP contribution < -0.4 is 5.32 Å². The van der Waals surface area contributed by atoms with Gasteiger partial charge >= 0.3 is 6.03 Å². The van der Waals surface area contributed by atoms with Gasteiger partial charge in [0.25, 0.3) is 0 Å². The molecule has 8 nitrogen and oxygen atoms in total. The molecule has 3 amide bonds. The van der Waals surface area contributed by atoms with Gasteiger partial charge in [0.1, 0.15) is 0 Å². The largest absolute Gasteiger partial charge is 0.338 e. The average molecular weight is 375 g/mol. The lowest BCUT2D eigenvalue weighted by Crippen LogP contribution is -2.64. The molecule has 0 radical (unpaired) electrons. The molecule has 0 bridgehead atoms. The van der Waals surface area contributed by atoms with E-state index in [1.807, 2.05) is 0 Å². The Balaban J connectivity index is 2.06. The summed E-state index contributed by atoms with van der Waals surface area (Å²) in [7, 11) is 0.364. The Labute approximate surface area is 150 Å². The van der Waals surface area contributed by atoms with E-state index < -0.39 is 21.9 Å². The van der Waals surface area contributed by atoms with Gasteiger partial charge in [-0.1, -0.05) is 19.8 Å². The van der Waals surface area contributed by atoms with Crippen LogP contribution in [-0.2, 0) is 14.6 Å². The van der Waals surface area contributed by atoms with Gasteiger partial charge in [0.15, 0.2) is 9.84 Å². The molecule has 1 N–H and O–H groups in total. The number of piperazine rings is 1. The fourth-order valence-electron chi connectivity index (χ4n) is 3.55. The third kappa shape index (κ3) is 5.07.